The van der Waals surface area contributed by atoms with Crippen LogP contribution in [-0.2, 0) is 0 Å². The Morgan fingerprint density at radius 1 is 0.778 bits per heavy atom. The minimum atomic E-state index is -0.213. The first-order valence-electron chi connectivity index (χ1n) is 9.68. The third-order valence-electron chi connectivity index (χ3n) is 5.73. The lowest BCUT2D eigenvalue weighted by Gasteiger charge is -2.31. The van der Waals surface area contributed by atoms with Gasteiger partial charge >= 0.3 is 0 Å². The zero-order chi connectivity index (χ0) is 19.9. The van der Waals surface area contributed by atoms with Crippen LogP contribution in [0, 0.1) is 27.7 Å². The molecule has 2 N–H and O–H groups in total. The first-order chi connectivity index (χ1) is 12.7. The van der Waals surface area contributed by atoms with Crippen molar-refractivity contribution in [3.8, 4) is 11.5 Å². The number of phenolic OH excluding ortho intramolecular Hbond substituents is 2. The highest BCUT2D eigenvalue weighted by atomic mass is 16.3. The minimum Gasteiger partial charge on any atom is -0.507 e. The molecular formula is C25H30O2. The predicted molar refractivity (Wildman–Crippen MR) is 113 cm³/mol. The van der Waals surface area contributed by atoms with Crippen molar-refractivity contribution < 1.29 is 10.2 Å². The summed E-state index contributed by atoms with van der Waals surface area (Å²) in [5, 5.41) is 21.9. The fourth-order valence-electron chi connectivity index (χ4n) is 4.49. The van der Waals surface area contributed by atoms with Crippen LogP contribution >= 0.6 is 0 Å². The van der Waals surface area contributed by atoms with Crippen LogP contribution in [0.25, 0.3) is 0 Å². The molecule has 1 aliphatic carbocycles. The van der Waals surface area contributed by atoms with E-state index in [0.29, 0.717) is 11.5 Å². The van der Waals surface area contributed by atoms with Gasteiger partial charge in [-0.2, -0.15) is 0 Å². The lowest BCUT2D eigenvalue weighted by atomic mass is 9.74. The Kier molecular flexibility index (Phi) is 5.19. The second-order valence-corrected chi connectivity index (χ2v) is 8.12. The predicted octanol–water partition coefficient (Wildman–Crippen LogP) is 6.52. The zero-order valence-electron chi connectivity index (χ0n) is 17.1. The second-order valence-electron chi connectivity index (χ2n) is 8.12. The van der Waals surface area contributed by atoms with Crippen LogP contribution in [0.5, 0.6) is 11.5 Å². The number of rotatable bonds is 3. The van der Waals surface area contributed by atoms with E-state index < -0.39 is 0 Å². The molecule has 0 aromatic heterocycles. The van der Waals surface area contributed by atoms with Crippen LogP contribution in [0.1, 0.15) is 65.5 Å². The molecule has 0 fully saturated rings. The molecule has 0 unspecified atom stereocenters. The minimum absolute atomic E-state index is 0.213. The lowest BCUT2D eigenvalue weighted by molar-refractivity contribution is 0.453. The van der Waals surface area contributed by atoms with Crippen LogP contribution < -0.4 is 0 Å². The Balaban J connectivity index is 2.38. The van der Waals surface area contributed by atoms with E-state index in [1.54, 1.807) is 0 Å². The molecule has 0 saturated heterocycles. The fourth-order valence-corrected chi connectivity index (χ4v) is 4.49. The Bertz CT molecular complexity index is 890. The summed E-state index contributed by atoms with van der Waals surface area (Å²) in [5.74, 6) is 0.403. The highest BCUT2D eigenvalue weighted by Gasteiger charge is 2.30. The van der Waals surface area contributed by atoms with Gasteiger partial charge in [-0.05, 0) is 70.6 Å². The molecule has 2 nitrogen and oxygen atoms in total. The van der Waals surface area contributed by atoms with Crippen LogP contribution in [0.2, 0.25) is 0 Å². The summed E-state index contributed by atoms with van der Waals surface area (Å²) in [6, 6.07) is 8.08. The van der Waals surface area contributed by atoms with Gasteiger partial charge in [-0.3, -0.25) is 0 Å². The van der Waals surface area contributed by atoms with Gasteiger partial charge in [-0.25, -0.2) is 0 Å². The van der Waals surface area contributed by atoms with Gasteiger partial charge in [0, 0.05) is 17.0 Å². The number of hydrogen-bond acceptors (Lipinski definition) is 2. The van der Waals surface area contributed by atoms with E-state index >= 15 is 0 Å². The third kappa shape index (κ3) is 3.53. The molecule has 0 radical (unpaired) electrons. The lowest BCUT2D eigenvalue weighted by Crippen LogP contribution is -2.13. The maximum atomic E-state index is 11.0. The van der Waals surface area contributed by atoms with Crippen LogP contribution in [0.3, 0.4) is 0 Å². The zero-order valence-corrected chi connectivity index (χ0v) is 17.1. The average Bonchev–Trinajstić information content (AvgIpc) is 2.58. The van der Waals surface area contributed by atoms with Crippen molar-refractivity contribution in [3.05, 3.63) is 80.9 Å². The number of phenols is 2. The summed E-state index contributed by atoms with van der Waals surface area (Å²) >= 11 is 0. The Labute approximate surface area is 162 Å². The van der Waals surface area contributed by atoms with E-state index in [4.69, 9.17) is 0 Å². The average molecular weight is 363 g/mol. The van der Waals surface area contributed by atoms with Gasteiger partial charge < -0.3 is 10.2 Å². The molecule has 2 aromatic rings. The Hall–Kier alpha value is -2.48. The van der Waals surface area contributed by atoms with Crippen molar-refractivity contribution in [2.45, 2.75) is 59.8 Å². The van der Waals surface area contributed by atoms with Crippen molar-refractivity contribution in [1.82, 2.24) is 0 Å². The second kappa shape index (κ2) is 7.26. The van der Waals surface area contributed by atoms with E-state index in [9.17, 15) is 10.2 Å². The summed E-state index contributed by atoms with van der Waals surface area (Å²) in [7, 11) is 0. The summed E-state index contributed by atoms with van der Waals surface area (Å²) in [6.07, 6.45) is 3.10. The van der Waals surface area contributed by atoms with E-state index in [-0.39, 0.29) is 5.92 Å². The molecule has 0 saturated carbocycles. The summed E-state index contributed by atoms with van der Waals surface area (Å²) in [4.78, 5) is 0. The molecule has 0 amide bonds. The standard InChI is InChI=1S/C25H30O2/c1-14-10-18(5)24(26)20(12-14)23(22-16(3)8-7-9-17(22)4)21-13-15(2)11-19(6)25(21)27/h10-13,23,26-27H,3,7-9H2,1-2,4-6H3. The maximum absolute atomic E-state index is 11.0. The highest BCUT2D eigenvalue weighted by molar-refractivity contribution is 5.61. The largest absolute Gasteiger partial charge is 0.507 e. The van der Waals surface area contributed by atoms with Gasteiger partial charge in [0.05, 0.1) is 0 Å². The summed E-state index contributed by atoms with van der Waals surface area (Å²) in [5.41, 5.74) is 9.21. The van der Waals surface area contributed by atoms with E-state index in [1.807, 2.05) is 52.0 Å². The molecular weight excluding hydrogens is 332 g/mol. The van der Waals surface area contributed by atoms with Crippen molar-refractivity contribution in [1.29, 1.82) is 0 Å². The molecule has 0 bridgehead atoms. The first kappa shape index (κ1) is 19.3. The van der Waals surface area contributed by atoms with Gasteiger partial charge in [0.1, 0.15) is 11.5 Å². The van der Waals surface area contributed by atoms with Crippen molar-refractivity contribution in [2.75, 3.05) is 0 Å². The van der Waals surface area contributed by atoms with Crippen molar-refractivity contribution in [2.24, 2.45) is 0 Å². The Morgan fingerprint density at radius 3 is 1.70 bits per heavy atom. The smallest absolute Gasteiger partial charge is 0.122 e. The normalized spacial score (nSPS) is 15.0. The van der Waals surface area contributed by atoms with Crippen molar-refractivity contribution >= 4 is 0 Å². The SMILES string of the molecule is C=C1CCCC(C)=C1C(c1cc(C)cc(C)c1O)c1cc(C)cc(C)c1O. The van der Waals surface area contributed by atoms with Gasteiger partial charge in [0.15, 0.2) is 0 Å². The van der Waals surface area contributed by atoms with Gasteiger partial charge in [-0.1, -0.05) is 53.1 Å². The first-order valence-corrected chi connectivity index (χ1v) is 9.68. The third-order valence-corrected chi connectivity index (χ3v) is 5.73. The van der Waals surface area contributed by atoms with Gasteiger partial charge in [0.2, 0.25) is 0 Å². The van der Waals surface area contributed by atoms with E-state index in [1.165, 1.54) is 11.1 Å². The highest BCUT2D eigenvalue weighted by Crippen LogP contribution is 2.48. The number of benzene rings is 2. The molecule has 3 rings (SSSR count). The number of hydrogen-bond donors (Lipinski definition) is 2. The van der Waals surface area contributed by atoms with Crippen LogP contribution in [0.15, 0.2) is 47.6 Å². The van der Waals surface area contributed by atoms with Crippen molar-refractivity contribution in [3.63, 3.8) is 0 Å². The maximum Gasteiger partial charge on any atom is 0.122 e. The molecule has 2 aromatic carbocycles. The van der Waals surface area contributed by atoms with E-state index in [0.717, 1.165) is 58.2 Å². The molecule has 1 aliphatic rings. The number of allylic oxidation sites excluding steroid dienone is 3. The Morgan fingerprint density at radius 2 is 1.26 bits per heavy atom. The summed E-state index contributed by atoms with van der Waals surface area (Å²) in [6.45, 7) is 14.5. The van der Waals surface area contributed by atoms with E-state index in [2.05, 4.69) is 13.5 Å². The molecule has 0 atom stereocenters. The van der Waals surface area contributed by atoms with Gasteiger partial charge in [0.25, 0.3) is 0 Å². The van der Waals surface area contributed by atoms with Crippen LogP contribution in [-0.4, -0.2) is 10.2 Å². The molecule has 0 spiro atoms. The monoisotopic (exact) mass is 362 g/mol. The molecule has 2 heteroatoms. The van der Waals surface area contributed by atoms with Gasteiger partial charge in [-0.15, -0.1) is 0 Å². The summed E-state index contributed by atoms with van der Waals surface area (Å²) < 4.78 is 0. The van der Waals surface area contributed by atoms with Crippen LogP contribution in [0.4, 0.5) is 0 Å². The molecule has 0 aliphatic heterocycles. The number of aromatic hydroxyl groups is 2. The fraction of sp³-hybridized carbons (Fsp3) is 0.360. The molecule has 142 valence electrons. The molecule has 27 heavy (non-hydrogen) atoms. The number of aryl methyl sites for hydroxylation is 4. The molecule has 0 heterocycles. The quantitative estimate of drug-likeness (QED) is 0.652. The topological polar surface area (TPSA) is 40.5 Å².